The lowest BCUT2D eigenvalue weighted by Crippen LogP contribution is -2.22. The molecule has 0 fully saturated rings. The molecule has 0 saturated carbocycles. The average molecular weight is 356 g/mol. The van der Waals surface area contributed by atoms with Gasteiger partial charge in [-0.3, -0.25) is 0 Å². The molecule has 112 valence electrons. The van der Waals surface area contributed by atoms with Crippen LogP contribution in [0.15, 0.2) is 40.9 Å². The lowest BCUT2D eigenvalue weighted by Gasteiger charge is -2.15. The quantitative estimate of drug-likeness (QED) is 0.835. The summed E-state index contributed by atoms with van der Waals surface area (Å²) in [5, 5.41) is 0. The van der Waals surface area contributed by atoms with Gasteiger partial charge in [0.05, 0.1) is 4.47 Å². The van der Waals surface area contributed by atoms with E-state index in [2.05, 4.69) is 15.9 Å². The van der Waals surface area contributed by atoms with Crippen molar-refractivity contribution in [2.45, 2.75) is 25.8 Å². The minimum atomic E-state index is -0.420. The summed E-state index contributed by atoms with van der Waals surface area (Å²) < 4.78 is 33.6. The van der Waals surface area contributed by atoms with E-state index in [4.69, 9.17) is 10.5 Å². The zero-order valence-corrected chi connectivity index (χ0v) is 13.2. The molecule has 2 aromatic carbocycles. The van der Waals surface area contributed by atoms with Crippen molar-refractivity contribution >= 4 is 15.9 Å². The van der Waals surface area contributed by atoms with Gasteiger partial charge in [-0.25, -0.2) is 8.78 Å². The summed E-state index contributed by atoms with van der Waals surface area (Å²) in [5.74, 6) is -0.141. The first kappa shape index (κ1) is 15.9. The molecule has 2 rings (SSSR count). The second-order valence-electron chi connectivity index (χ2n) is 4.77. The number of hydrogen-bond donors (Lipinski definition) is 1. The van der Waals surface area contributed by atoms with Gasteiger partial charge in [0.1, 0.15) is 23.1 Å². The SMILES string of the molecule is CCC(N)Cc1c(F)cccc1Oc1cc(F)ccc1Br. The summed E-state index contributed by atoms with van der Waals surface area (Å²) in [6.07, 6.45) is 1.10. The molecule has 5 heteroatoms. The van der Waals surface area contributed by atoms with E-state index in [1.54, 1.807) is 18.2 Å². The molecule has 2 aromatic rings. The molecule has 0 aliphatic rings. The number of hydrogen-bond acceptors (Lipinski definition) is 2. The third kappa shape index (κ3) is 4.02. The van der Waals surface area contributed by atoms with Gasteiger partial charge < -0.3 is 10.5 Å². The van der Waals surface area contributed by atoms with Gasteiger partial charge in [-0.2, -0.15) is 0 Å². The highest BCUT2D eigenvalue weighted by molar-refractivity contribution is 9.10. The van der Waals surface area contributed by atoms with E-state index < -0.39 is 5.82 Å². The number of nitrogens with two attached hydrogens (primary N) is 1. The van der Waals surface area contributed by atoms with Crippen LogP contribution >= 0.6 is 15.9 Å². The molecule has 21 heavy (non-hydrogen) atoms. The highest BCUT2D eigenvalue weighted by Crippen LogP contribution is 2.33. The molecule has 0 radical (unpaired) electrons. The molecule has 0 aliphatic heterocycles. The number of halogens is 3. The molecule has 0 aromatic heterocycles. The zero-order chi connectivity index (χ0) is 15.4. The van der Waals surface area contributed by atoms with Gasteiger partial charge >= 0.3 is 0 Å². The van der Waals surface area contributed by atoms with Gasteiger partial charge in [0.2, 0.25) is 0 Å². The topological polar surface area (TPSA) is 35.2 Å². The van der Waals surface area contributed by atoms with Gasteiger partial charge in [0.25, 0.3) is 0 Å². The normalized spacial score (nSPS) is 12.2. The van der Waals surface area contributed by atoms with Crippen molar-refractivity contribution in [3.05, 3.63) is 58.1 Å². The Hall–Kier alpha value is -1.46. The van der Waals surface area contributed by atoms with Crippen molar-refractivity contribution in [3.63, 3.8) is 0 Å². The zero-order valence-electron chi connectivity index (χ0n) is 11.6. The molecule has 0 aliphatic carbocycles. The molecule has 0 spiro atoms. The molecule has 0 amide bonds. The van der Waals surface area contributed by atoms with Gasteiger partial charge in [-0.1, -0.05) is 13.0 Å². The van der Waals surface area contributed by atoms with Gasteiger partial charge in [0, 0.05) is 17.7 Å². The first-order valence-electron chi connectivity index (χ1n) is 6.67. The Kier molecular flexibility index (Phi) is 5.31. The average Bonchev–Trinajstić information content (AvgIpc) is 2.46. The van der Waals surface area contributed by atoms with Gasteiger partial charge in [0.15, 0.2) is 0 Å². The van der Waals surface area contributed by atoms with Crippen LogP contribution in [-0.2, 0) is 6.42 Å². The number of rotatable bonds is 5. The first-order chi connectivity index (χ1) is 10.0. The van der Waals surface area contributed by atoms with E-state index in [0.29, 0.717) is 28.0 Å². The minimum Gasteiger partial charge on any atom is -0.456 e. The summed E-state index contributed by atoms with van der Waals surface area (Å²) in [4.78, 5) is 0. The lowest BCUT2D eigenvalue weighted by molar-refractivity contribution is 0.454. The van der Waals surface area contributed by atoms with Crippen LogP contribution in [0.25, 0.3) is 0 Å². The maximum Gasteiger partial charge on any atom is 0.144 e. The maximum absolute atomic E-state index is 14.0. The van der Waals surface area contributed by atoms with Crippen molar-refractivity contribution in [2.24, 2.45) is 5.73 Å². The Morgan fingerprint density at radius 1 is 1.19 bits per heavy atom. The third-order valence-corrected chi connectivity index (χ3v) is 3.83. The van der Waals surface area contributed by atoms with E-state index in [-0.39, 0.29) is 11.9 Å². The summed E-state index contributed by atoms with van der Waals surface area (Å²) >= 11 is 3.29. The van der Waals surface area contributed by atoms with E-state index in [1.165, 1.54) is 18.2 Å². The minimum absolute atomic E-state index is 0.153. The van der Waals surface area contributed by atoms with Crippen molar-refractivity contribution < 1.29 is 13.5 Å². The number of benzene rings is 2. The van der Waals surface area contributed by atoms with E-state index in [9.17, 15) is 8.78 Å². The molecular formula is C16H16BrF2NO. The summed E-state index contributed by atoms with van der Waals surface area (Å²) in [5.41, 5.74) is 6.30. The van der Waals surface area contributed by atoms with Crippen LogP contribution in [0.5, 0.6) is 11.5 Å². The Bertz CT molecular complexity index is 634. The summed E-state index contributed by atoms with van der Waals surface area (Å²) in [7, 11) is 0. The van der Waals surface area contributed by atoms with Crippen molar-refractivity contribution in [2.75, 3.05) is 0 Å². The second-order valence-corrected chi connectivity index (χ2v) is 5.62. The maximum atomic E-state index is 14.0. The predicted octanol–water partition coefficient (Wildman–Crippen LogP) is 4.80. The Labute approximate surface area is 131 Å². The Morgan fingerprint density at radius 3 is 2.67 bits per heavy atom. The van der Waals surface area contributed by atoms with E-state index >= 15 is 0 Å². The molecular weight excluding hydrogens is 340 g/mol. The van der Waals surface area contributed by atoms with Crippen LogP contribution in [0.3, 0.4) is 0 Å². The number of ether oxygens (including phenoxy) is 1. The fourth-order valence-electron chi connectivity index (χ4n) is 1.91. The second kappa shape index (κ2) is 7.00. The highest BCUT2D eigenvalue weighted by Gasteiger charge is 2.15. The molecule has 0 bridgehead atoms. The van der Waals surface area contributed by atoms with Gasteiger partial charge in [-0.05, 0) is 53.0 Å². The van der Waals surface area contributed by atoms with Crippen LogP contribution in [0, 0.1) is 11.6 Å². The van der Waals surface area contributed by atoms with Crippen LogP contribution in [0.4, 0.5) is 8.78 Å². The predicted molar refractivity (Wildman–Crippen MR) is 82.5 cm³/mol. The van der Waals surface area contributed by atoms with Crippen molar-refractivity contribution in [1.82, 2.24) is 0 Å². The molecule has 2 N–H and O–H groups in total. The van der Waals surface area contributed by atoms with Crippen LogP contribution in [0.1, 0.15) is 18.9 Å². The van der Waals surface area contributed by atoms with Gasteiger partial charge in [-0.15, -0.1) is 0 Å². The Balaban J connectivity index is 2.35. The van der Waals surface area contributed by atoms with Crippen LogP contribution < -0.4 is 10.5 Å². The smallest absolute Gasteiger partial charge is 0.144 e. The standard InChI is InChI=1S/C16H16BrF2NO/c1-2-11(20)9-12-14(19)4-3-5-15(12)21-16-8-10(18)6-7-13(16)17/h3-8,11H,2,9,20H2,1H3. The third-order valence-electron chi connectivity index (χ3n) is 3.18. The molecule has 0 heterocycles. The Morgan fingerprint density at radius 2 is 1.95 bits per heavy atom. The summed E-state index contributed by atoms with van der Waals surface area (Å²) in [6, 6.07) is 8.53. The molecule has 1 unspecified atom stereocenters. The fourth-order valence-corrected chi connectivity index (χ4v) is 2.24. The van der Waals surface area contributed by atoms with E-state index in [1.807, 2.05) is 6.92 Å². The summed E-state index contributed by atoms with van der Waals surface area (Å²) in [6.45, 7) is 1.94. The van der Waals surface area contributed by atoms with Crippen LogP contribution in [-0.4, -0.2) is 6.04 Å². The van der Waals surface area contributed by atoms with Crippen molar-refractivity contribution in [1.29, 1.82) is 0 Å². The molecule has 0 saturated heterocycles. The largest absolute Gasteiger partial charge is 0.456 e. The molecule has 1 atom stereocenters. The fraction of sp³-hybridized carbons (Fsp3) is 0.250. The highest BCUT2D eigenvalue weighted by atomic mass is 79.9. The molecule has 2 nitrogen and oxygen atoms in total. The first-order valence-corrected chi connectivity index (χ1v) is 7.46. The van der Waals surface area contributed by atoms with E-state index in [0.717, 1.165) is 6.42 Å². The monoisotopic (exact) mass is 355 g/mol. The lowest BCUT2D eigenvalue weighted by atomic mass is 10.0. The van der Waals surface area contributed by atoms with Crippen LogP contribution in [0.2, 0.25) is 0 Å². The van der Waals surface area contributed by atoms with Crippen molar-refractivity contribution in [3.8, 4) is 11.5 Å².